The van der Waals surface area contributed by atoms with Gasteiger partial charge in [-0.3, -0.25) is 0 Å². The molecule has 1 aromatic heterocycles. The second-order valence-corrected chi connectivity index (χ2v) is 5.59. The Bertz CT molecular complexity index is 436. The first-order chi connectivity index (χ1) is 8.78. The zero-order chi connectivity index (χ0) is 12.5. The normalized spacial score (nSPS) is 24.3. The average molecular weight is 268 g/mol. The maximum Gasteiger partial charge on any atom is 0.135 e. The van der Waals surface area contributed by atoms with Crippen LogP contribution in [0.3, 0.4) is 0 Å². The fourth-order valence-corrected chi connectivity index (χ4v) is 2.77. The van der Waals surface area contributed by atoms with Crippen LogP contribution in [0.15, 0.2) is 6.07 Å². The third-order valence-corrected chi connectivity index (χ3v) is 3.97. The van der Waals surface area contributed by atoms with Crippen LogP contribution in [0.5, 0.6) is 0 Å². The van der Waals surface area contributed by atoms with Gasteiger partial charge in [0.05, 0.1) is 12.6 Å². The number of aliphatic hydroxyl groups is 1. The van der Waals surface area contributed by atoms with Gasteiger partial charge in [0.1, 0.15) is 16.8 Å². The number of piperidine rings is 1. The summed E-state index contributed by atoms with van der Waals surface area (Å²) in [6.07, 6.45) is 5.69. The van der Waals surface area contributed by atoms with Crippen molar-refractivity contribution < 1.29 is 5.11 Å². The first-order valence-electron chi connectivity index (χ1n) is 6.70. The summed E-state index contributed by atoms with van der Waals surface area (Å²) in [5, 5.41) is 9.98. The number of aromatic nitrogens is 2. The van der Waals surface area contributed by atoms with Gasteiger partial charge >= 0.3 is 0 Å². The van der Waals surface area contributed by atoms with Crippen LogP contribution in [-0.2, 0) is 0 Å². The lowest BCUT2D eigenvalue weighted by Crippen LogP contribution is -2.42. The highest BCUT2D eigenvalue weighted by Gasteiger charge is 2.29. The number of anilines is 1. The third-order valence-electron chi connectivity index (χ3n) is 3.77. The van der Waals surface area contributed by atoms with E-state index in [1.165, 1.54) is 19.3 Å². The van der Waals surface area contributed by atoms with Gasteiger partial charge in [-0.25, -0.2) is 9.97 Å². The van der Waals surface area contributed by atoms with Crippen LogP contribution in [0.4, 0.5) is 5.82 Å². The molecule has 0 amide bonds. The van der Waals surface area contributed by atoms with E-state index in [0.717, 1.165) is 31.0 Å². The quantitative estimate of drug-likeness (QED) is 0.854. The number of hydrogen-bond donors (Lipinski definition) is 1. The molecule has 3 rings (SSSR count). The Labute approximate surface area is 112 Å². The van der Waals surface area contributed by atoms with Crippen LogP contribution < -0.4 is 4.90 Å². The Kier molecular flexibility index (Phi) is 3.39. The third kappa shape index (κ3) is 2.45. The maximum absolute atomic E-state index is 9.46. The van der Waals surface area contributed by atoms with Gasteiger partial charge in [-0.15, -0.1) is 0 Å². The van der Waals surface area contributed by atoms with Crippen LogP contribution >= 0.6 is 11.6 Å². The van der Waals surface area contributed by atoms with Crippen molar-refractivity contribution in [3.63, 3.8) is 0 Å². The summed E-state index contributed by atoms with van der Waals surface area (Å²) in [5.41, 5.74) is 0. The van der Waals surface area contributed by atoms with Gasteiger partial charge < -0.3 is 10.0 Å². The molecule has 1 N–H and O–H groups in total. The highest BCUT2D eigenvalue weighted by Crippen LogP contribution is 2.39. The second-order valence-electron chi connectivity index (χ2n) is 5.21. The SMILES string of the molecule is OCC1CCCCN1c1cc(Cl)nc(C2CC2)n1. The van der Waals surface area contributed by atoms with Crippen LogP contribution in [0.25, 0.3) is 0 Å². The lowest BCUT2D eigenvalue weighted by molar-refractivity contribution is 0.239. The van der Waals surface area contributed by atoms with Gasteiger partial charge in [-0.2, -0.15) is 0 Å². The number of halogens is 1. The van der Waals surface area contributed by atoms with E-state index in [0.29, 0.717) is 11.1 Å². The minimum atomic E-state index is 0.178. The Morgan fingerprint density at radius 2 is 2.11 bits per heavy atom. The molecule has 2 heterocycles. The summed E-state index contributed by atoms with van der Waals surface area (Å²) >= 11 is 6.09. The molecule has 5 heteroatoms. The van der Waals surface area contributed by atoms with E-state index in [2.05, 4.69) is 14.9 Å². The predicted octanol–water partition coefficient (Wildman–Crippen LogP) is 2.36. The molecule has 4 nitrogen and oxygen atoms in total. The van der Waals surface area contributed by atoms with Crippen LogP contribution in [0.2, 0.25) is 5.15 Å². The Morgan fingerprint density at radius 3 is 2.83 bits per heavy atom. The smallest absolute Gasteiger partial charge is 0.135 e. The molecule has 2 aliphatic rings. The minimum Gasteiger partial charge on any atom is -0.394 e. The lowest BCUT2D eigenvalue weighted by Gasteiger charge is -2.35. The topological polar surface area (TPSA) is 49.2 Å². The van der Waals surface area contributed by atoms with Crippen LogP contribution in [-0.4, -0.2) is 34.3 Å². The van der Waals surface area contributed by atoms with Crippen molar-refractivity contribution in [3.05, 3.63) is 17.0 Å². The molecule has 18 heavy (non-hydrogen) atoms. The van der Waals surface area contributed by atoms with Gasteiger partial charge in [-0.1, -0.05) is 11.6 Å². The van der Waals surface area contributed by atoms with E-state index in [1.54, 1.807) is 0 Å². The van der Waals surface area contributed by atoms with E-state index in [9.17, 15) is 5.11 Å². The molecule has 1 aliphatic carbocycles. The number of nitrogens with zero attached hydrogens (tertiary/aromatic N) is 3. The molecule has 1 saturated heterocycles. The second kappa shape index (κ2) is 5.02. The minimum absolute atomic E-state index is 0.178. The maximum atomic E-state index is 9.46. The molecule has 0 bridgehead atoms. The largest absolute Gasteiger partial charge is 0.394 e. The fourth-order valence-electron chi connectivity index (χ4n) is 2.59. The summed E-state index contributed by atoms with van der Waals surface area (Å²) in [6.45, 7) is 1.13. The zero-order valence-corrected chi connectivity index (χ0v) is 11.1. The van der Waals surface area contributed by atoms with E-state index >= 15 is 0 Å². The lowest BCUT2D eigenvalue weighted by atomic mass is 10.0. The van der Waals surface area contributed by atoms with Gasteiger partial charge in [0.2, 0.25) is 0 Å². The Hall–Kier alpha value is -0.870. The van der Waals surface area contributed by atoms with Crippen molar-refractivity contribution in [2.24, 2.45) is 0 Å². The molecule has 1 unspecified atom stereocenters. The van der Waals surface area contributed by atoms with Crippen molar-refractivity contribution in [1.29, 1.82) is 0 Å². The number of hydrogen-bond acceptors (Lipinski definition) is 4. The highest BCUT2D eigenvalue weighted by atomic mass is 35.5. The van der Waals surface area contributed by atoms with Gasteiger partial charge in [0, 0.05) is 18.5 Å². The molecule has 1 saturated carbocycles. The molecule has 1 aliphatic heterocycles. The van der Waals surface area contributed by atoms with Crippen LogP contribution in [0, 0.1) is 0 Å². The summed E-state index contributed by atoms with van der Waals surface area (Å²) in [6, 6.07) is 2.00. The van der Waals surface area contributed by atoms with E-state index in [1.807, 2.05) is 6.07 Å². The summed E-state index contributed by atoms with van der Waals surface area (Å²) in [5.74, 6) is 2.26. The first kappa shape index (κ1) is 12.2. The molecule has 0 aromatic carbocycles. The molecule has 1 aromatic rings. The summed E-state index contributed by atoms with van der Waals surface area (Å²) in [4.78, 5) is 11.1. The summed E-state index contributed by atoms with van der Waals surface area (Å²) in [7, 11) is 0. The standard InChI is InChI=1S/C13H18ClN3O/c14-11-7-12(16-13(15-11)9-4-5-9)17-6-2-1-3-10(17)8-18/h7,9-10,18H,1-6,8H2. The molecule has 0 radical (unpaired) electrons. The summed E-state index contributed by atoms with van der Waals surface area (Å²) < 4.78 is 0. The first-order valence-corrected chi connectivity index (χ1v) is 7.07. The fraction of sp³-hybridized carbons (Fsp3) is 0.692. The average Bonchev–Trinajstić information content (AvgIpc) is 3.22. The molecular weight excluding hydrogens is 250 g/mol. The molecule has 0 spiro atoms. The van der Waals surface area contributed by atoms with Crippen molar-refractivity contribution >= 4 is 17.4 Å². The number of rotatable bonds is 3. The Balaban J connectivity index is 1.89. The van der Waals surface area contributed by atoms with E-state index in [-0.39, 0.29) is 12.6 Å². The molecule has 98 valence electrons. The van der Waals surface area contributed by atoms with Gasteiger partial charge in [-0.05, 0) is 32.1 Å². The zero-order valence-electron chi connectivity index (χ0n) is 10.3. The van der Waals surface area contributed by atoms with Crippen molar-refractivity contribution in [1.82, 2.24) is 9.97 Å². The molecule has 1 atom stereocenters. The highest BCUT2D eigenvalue weighted by molar-refractivity contribution is 6.29. The van der Waals surface area contributed by atoms with Gasteiger partial charge in [0.15, 0.2) is 0 Å². The van der Waals surface area contributed by atoms with E-state index in [4.69, 9.17) is 11.6 Å². The Morgan fingerprint density at radius 1 is 1.28 bits per heavy atom. The van der Waals surface area contributed by atoms with E-state index < -0.39 is 0 Å². The van der Waals surface area contributed by atoms with Crippen molar-refractivity contribution in [2.45, 2.75) is 44.1 Å². The predicted molar refractivity (Wildman–Crippen MR) is 71.1 cm³/mol. The van der Waals surface area contributed by atoms with Crippen molar-refractivity contribution in [3.8, 4) is 0 Å². The monoisotopic (exact) mass is 267 g/mol. The molecule has 2 fully saturated rings. The van der Waals surface area contributed by atoms with Crippen molar-refractivity contribution in [2.75, 3.05) is 18.1 Å². The number of aliphatic hydroxyl groups excluding tert-OH is 1. The van der Waals surface area contributed by atoms with Gasteiger partial charge in [0.25, 0.3) is 0 Å². The van der Waals surface area contributed by atoms with Crippen LogP contribution in [0.1, 0.15) is 43.8 Å². The molecular formula is C13H18ClN3O.